The van der Waals surface area contributed by atoms with Crippen molar-refractivity contribution in [2.45, 2.75) is 6.92 Å². The molecule has 0 saturated heterocycles. The molecule has 0 radical (unpaired) electrons. The maximum atomic E-state index is 9.18. The molecular weight excluding hydrogens is 252 g/mol. The number of hydrogen-bond donors (Lipinski definition) is 1. The summed E-state index contributed by atoms with van der Waals surface area (Å²) in [6.45, 7) is 2.66. The van der Waals surface area contributed by atoms with E-state index in [0.29, 0.717) is 13.1 Å². The molecule has 3 rings (SSSR count). The summed E-state index contributed by atoms with van der Waals surface area (Å²) in [5.74, 6) is 0. The zero-order chi connectivity index (χ0) is 14.2. The number of aromatic amines is 1. The monoisotopic (exact) mass is 268 g/mol. The van der Waals surface area contributed by atoms with E-state index in [4.69, 9.17) is 0 Å². The molecule has 0 atom stereocenters. The summed E-state index contributed by atoms with van der Waals surface area (Å²) in [5.41, 5.74) is 3.60. The predicted molar refractivity (Wildman–Crippen MR) is 79.2 cm³/mol. The van der Waals surface area contributed by atoms with Crippen LogP contribution in [0.3, 0.4) is 0 Å². The molecule has 20 heavy (non-hydrogen) atoms. The van der Waals surface area contributed by atoms with E-state index in [9.17, 15) is 4.79 Å². The number of rotatable bonds is 3. The summed E-state index contributed by atoms with van der Waals surface area (Å²) in [7, 11) is 0. The second-order valence-electron chi connectivity index (χ2n) is 4.07. The van der Waals surface area contributed by atoms with Crippen LogP contribution in [-0.4, -0.2) is 23.0 Å². The molecule has 3 aromatic rings. The lowest BCUT2D eigenvalue weighted by molar-refractivity contribution is -0.128. The van der Waals surface area contributed by atoms with Crippen LogP contribution in [0, 0.1) is 0 Å². The Labute approximate surface area is 117 Å². The lowest BCUT2D eigenvalue weighted by Crippen LogP contribution is -1.80. The Morgan fingerprint density at radius 2 is 1.95 bits per heavy atom. The molecule has 0 spiro atoms. The van der Waals surface area contributed by atoms with E-state index in [-0.39, 0.29) is 0 Å². The van der Waals surface area contributed by atoms with Crippen LogP contribution in [0.1, 0.15) is 6.92 Å². The molecule has 2 heterocycles. The number of nitrogens with one attached hydrogen (secondary N) is 1. The highest BCUT2D eigenvalue weighted by Gasteiger charge is 1.99. The fraction of sp³-hybridized carbons (Fsp3) is 0.125. The number of carbonyl (C=O) groups is 1. The molecule has 1 N–H and O–H groups in total. The zero-order valence-corrected chi connectivity index (χ0v) is 11.2. The van der Waals surface area contributed by atoms with E-state index in [1.807, 2.05) is 30.7 Å². The molecule has 0 bridgehead atoms. The van der Waals surface area contributed by atoms with Gasteiger partial charge in [0.2, 0.25) is 0 Å². The molecule has 2 aromatic heterocycles. The van der Waals surface area contributed by atoms with Gasteiger partial charge in [-0.1, -0.05) is 6.07 Å². The molecule has 0 aliphatic carbocycles. The Balaban J connectivity index is 0.000000257. The summed E-state index contributed by atoms with van der Waals surface area (Å²) < 4.78 is 4.15. The number of fused-ring (bicyclic) bond motifs is 1. The first kappa shape index (κ1) is 13.8. The molecule has 0 aliphatic rings. The van der Waals surface area contributed by atoms with E-state index in [1.165, 1.54) is 22.0 Å². The highest BCUT2D eigenvalue weighted by Crippen LogP contribution is 2.22. The molecule has 0 amide bonds. The van der Waals surface area contributed by atoms with Crippen molar-refractivity contribution in [2.24, 2.45) is 0 Å². The molecule has 4 nitrogen and oxygen atoms in total. The van der Waals surface area contributed by atoms with E-state index in [1.54, 1.807) is 6.92 Å². The minimum atomic E-state index is 0.431. The van der Waals surface area contributed by atoms with Crippen molar-refractivity contribution in [3.05, 3.63) is 55.0 Å². The summed E-state index contributed by atoms with van der Waals surface area (Å²) in [6, 6.07) is 12.5. The SMILES string of the molecule is CCOC=O.c1cc(-c2ccc3[nH]ccc3c2)ccn1. The molecule has 0 unspecified atom stereocenters. The molecule has 0 aliphatic heterocycles. The van der Waals surface area contributed by atoms with Gasteiger partial charge in [0.05, 0.1) is 6.61 Å². The van der Waals surface area contributed by atoms with Crippen LogP contribution in [0.5, 0.6) is 0 Å². The third-order valence-electron chi connectivity index (χ3n) is 2.80. The molecule has 0 saturated carbocycles. The van der Waals surface area contributed by atoms with Gasteiger partial charge in [-0.15, -0.1) is 0 Å². The topological polar surface area (TPSA) is 55.0 Å². The minimum absolute atomic E-state index is 0.431. The Bertz CT molecular complexity index is 662. The smallest absolute Gasteiger partial charge is 0.293 e. The van der Waals surface area contributed by atoms with Crippen LogP contribution < -0.4 is 0 Å². The number of carbonyl (C=O) groups excluding carboxylic acids is 1. The highest BCUT2D eigenvalue weighted by molar-refractivity contribution is 5.84. The van der Waals surface area contributed by atoms with Crippen molar-refractivity contribution in [1.29, 1.82) is 0 Å². The maximum absolute atomic E-state index is 9.18. The van der Waals surface area contributed by atoms with Gasteiger partial charge in [-0.3, -0.25) is 9.78 Å². The van der Waals surface area contributed by atoms with Gasteiger partial charge < -0.3 is 9.72 Å². The number of benzene rings is 1. The Morgan fingerprint density at radius 1 is 1.15 bits per heavy atom. The lowest BCUT2D eigenvalue weighted by atomic mass is 10.1. The summed E-state index contributed by atoms with van der Waals surface area (Å²) in [6.07, 6.45) is 5.59. The standard InChI is InChI=1S/C13H10N2.C3H6O2/c1-2-13-12(5-8-15-13)9-11(1)10-3-6-14-7-4-10;1-2-5-3-4/h1-9,15H;3H,2H2,1H3. The predicted octanol–water partition coefficient (Wildman–Crippen LogP) is 3.41. The third-order valence-corrected chi connectivity index (χ3v) is 2.80. The van der Waals surface area contributed by atoms with Crippen molar-refractivity contribution in [3.63, 3.8) is 0 Å². The normalized spacial score (nSPS) is 9.65. The molecule has 0 fully saturated rings. The number of nitrogens with zero attached hydrogens (tertiary/aromatic N) is 1. The van der Waals surface area contributed by atoms with Gasteiger partial charge in [0.25, 0.3) is 6.47 Å². The zero-order valence-electron chi connectivity index (χ0n) is 11.2. The van der Waals surface area contributed by atoms with E-state index in [0.717, 1.165) is 0 Å². The summed E-state index contributed by atoms with van der Waals surface area (Å²) in [4.78, 5) is 16.4. The van der Waals surface area contributed by atoms with Crippen molar-refractivity contribution in [2.75, 3.05) is 6.61 Å². The quantitative estimate of drug-likeness (QED) is 0.741. The van der Waals surface area contributed by atoms with Crippen LogP contribution in [0.15, 0.2) is 55.0 Å². The van der Waals surface area contributed by atoms with E-state index < -0.39 is 0 Å². The lowest BCUT2D eigenvalue weighted by Gasteiger charge is -2.00. The summed E-state index contributed by atoms with van der Waals surface area (Å²) in [5, 5.41) is 1.24. The van der Waals surface area contributed by atoms with Crippen LogP contribution in [0.4, 0.5) is 0 Å². The van der Waals surface area contributed by atoms with E-state index in [2.05, 4.69) is 39.0 Å². The Morgan fingerprint density at radius 3 is 2.60 bits per heavy atom. The maximum Gasteiger partial charge on any atom is 0.293 e. The average Bonchev–Trinajstić information content (AvgIpc) is 2.97. The van der Waals surface area contributed by atoms with Crippen LogP contribution in [-0.2, 0) is 9.53 Å². The number of hydrogen-bond acceptors (Lipinski definition) is 3. The number of ether oxygens (including phenoxy) is 1. The molecule has 102 valence electrons. The molecular formula is C16H16N2O2. The number of aromatic nitrogens is 2. The van der Waals surface area contributed by atoms with Crippen molar-refractivity contribution in [1.82, 2.24) is 9.97 Å². The molecule has 1 aromatic carbocycles. The second-order valence-corrected chi connectivity index (χ2v) is 4.07. The largest absolute Gasteiger partial charge is 0.468 e. The fourth-order valence-corrected chi connectivity index (χ4v) is 1.85. The van der Waals surface area contributed by atoms with Gasteiger partial charge >= 0.3 is 0 Å². The van der Waals surface area contributed by atoms with Gasteiger partial charge in [-0.2, -0.15) is 0 Å². The Kier molecular flexibility index (Phi) is 4.89. The summed E-state index contributed by atoms with van der Waals surface area (Å²) >= 11 is 0. The minimum Gasteiger partial charge on any atom is -0.468 e. The first-order valence-electron chi connectivity index (χ1n) is 6.38. The first-order chi connectivity index (χ1) is 9.85. The third kappa shape index (κ3) is 3.45. The van der Waals surface area contributed by atoms with Crippen LogP contribution in [0.25, 0.3) is 22.0 Å². The van der Waals surface area contributed by atoms with Gasteiger partial charge in [0.1, 0.15) is 0 Å². The van der Waals surface area contributed by atoms with Gasteiger partial charge in [0.15, 0.2) is 0 Å². The average molecular weight is 268 g/mol. The molecule has 4 heteroatoms. The fourth-order valence-electron chi connectivity index (χ4n) is 1.85. The van der Waals surface area contributed by atoms with Crippen molar-refractivity contribution < 1.29 is 9.53 Å². The van der Waals surface area contributed by atoms with Gasteiger partial charge in [-0.05, 0) is 53.8 Å². The van der Waals surface area contributed by atoms with Gasteiger partial charge in [0, 0.05) is 24.1 Å². The first-order valence-corrected chi connectivity index (χ1v) is 6.38. The van der Waals surface area contributed by atoms with Crippen LogP contribution in [0.2, 0.25) is 0 Å². The van der Waals surface area contributed by atoms with E-state index >= 15 is 0 Å². The van der Waals surface area contributed by atoms with Crippen molar-refractivity contribution in [3.8, 4) is 11.1 Å². The van der Waals surface area contributed by atoms with Crippen molar-refractivity contribution >= 4 is 17.4 Å². The number of H-pyrrole nitrogens is 1. The van der Waals surface area contributed by atoms with Gasteiger partial charge in [-0.25, -0.2) is 0 Å². The second kappa shape index (κ2) is 7.09. The van der Waals surface area contributed by atoms with Crippen LogP contribution >= 0.6 is 0 Å². The Hall–Kier alpha value is -2.62. The number of pyridine rings is 1. The highest BCUT2D eigenvalue weighted by atomic mass is 16.5.